The largest absolute Gasteiger partial charge is 0.469 e. The van der Waals surface area contributed by atoms with Gasteiger partial charge in [0.15, 0.2) is 0 Å². The van der Waals surface area contributed by atoms with Gasteiger partial charge < -0.3 is 14.2 Å². The molecular formula is C28H32N4O2. The van der Waals surface area contributed by atoms with Gasteiger partial charge in [-0.05, 0) is 62.5 Å². The second-order valence-corrected chi connectivity index (χ2v) is 9.35. The summed E-state index contributed by atoms with van der Waals surface area (Å²) in [7, 11) is 1.50. The van der Waals surface area contributed by atoms with Crippen LogP contribution < -0.4 is 0 Å². The zero-order chi connectivity index (χ0) is 24.0. The van der Waals surface area contributed by atoms with Gasteiger partial charge in [0.05, 0.1) is 30.5 Å². The number of piperidine rings is 1. The number of hydrogen-bond acceptors (Lipinski definition) is 5. The number of aromatic nitrogens is 2. The van der Waals surface area contributed by atoms with Gasteiger partial charge >= 0.3 is 5.97 Å². The molecule has 2 heterocycles. The van der Waals surface area contributed by atoms with Gasteiger partial charge in [0, 0.05) is 31.4 Å². The van der Waals surface area contributed by atoms with Gasteiger partial charge in [0.2, 0.25) is 0 Å². The van der Waals surface area contributed by atoms with Crippen molar-refractivity contribution < 1.29 is 9.53 Å². The molecule has 176 valence electrons. The first kappa shape index (κ1) is 23.7. The summed E-state index contributed by atoms with van der Waals surface area (Å²) in [4.78, 5) is 19.6. The van der Waals surface area contributed by atoms with Crippen molar-refractivity contribution in [3.63, 3.8) is 0 Å². The maximum atomic E-state index is 12.8. The Labute approximate surface area is 201 Å². The van der Waals surface area contributed by atoms with Crippen molar-refractivity contribution in [1.82, 2.24) is 14.5 Å². The molecule has 0 atom stereocenters. The van der Waals surface area contributed by atoms with Crippen LogP contribution in [0.15, 0.2) is 61.1 Å². The van der Waals surface area contributed by atoms with E-state index < -0.39 is 5.41 Å². The minimum atomic E-state index is -0.448. The Morgan fingerprint density at radius 2 is 1.91 bits per heavy atom. The van der Waals surface area contributed by atoms with Crippen LogP contribution in [0, 0.1) is 23.7 Å². The normalized spacial score (nSPS) is 15.6. The third-order valence-corrected chi connectivity index (χ3v) is 6.98. The van der Waals surface area contributed by atoms with Crippen molar-refractivity contribution >= 4 is 5.97 Å². The molecule has 0 N–H and O–H groups in total. The van der Waals surface area contributed by atoms with E-state index in [0.717, 1.165) is 57.4 Å². The second-order valence-electron chi connectivity index (χ2n) is 9.35. The number of nitrogens with zero attached hydrogens (tertiary/aromatic N) is 4. The lowest BCUT2D eigenvalue weighted by Gasteiger charge is -2.40. The van der Waals surface area contributed by atoms with E-state index in [1.165, 1.54) is 23.9 Å². The number of ether oxygens (including phenoxy) is 1. The van der Waals surface area contributed by atoms with Crippen molar-refractivity contribution in [2.75, 3.05) is 26.7 Å². The second kappa shape index (κ2) is 10.7. The minimum absolute atomic E-state index is 0.0888. The summed E-state index contributed by atoms with van der Waals surface area (Å²) in [5.74, 6) is -0.0888. The van der Waals surface area contributed by atoms with E-state index in [9.17, 15) is 4.79 Å². The van der Waals surface area contributed by atoms with Crippen molar-refractivity contribution in [3.8, 4) is 6.07 Å². The highest BCUT2D eigenvalue weighted by Crippen LogP contribution is 2.36. The van der Waals surface area contributed by atoms with Crippen LogP contribution in [-0.2, 0) is 28.9 Å². The van der Waals surface area contributed by atoms with E-state index >= 15 is 0 Å². The summed E-state index contributed by atoms with van der Waals surface area (Å²) in [6.45, 7) is 5.52. The Hall–Kier alpha value is -3.43. The van der Waals surface area contributed by atoms with Crippen molar-refractivity contribution in [2.45, 2.75) is 39.2 Å². The highest BCUT2D eigenvalue weighted by atomic mass is 16.5. The van der Waals surface area contributed by atoms with E-state index in [4.69, 9.17) is 10.00 Å². The number of nitriles is 1. The number of benzene rings is 2. The molecule has 0 spiro atoms. The lowest BCUT2D eigenvalue weighted by molar-refractivity contribution is -0.156. The number of carbonyl (C=O) groups excluding carboxylic acids is 1. The average molecular weight is 457 g/mol. The number of esters is 1. The smallest absolute Gasteiger partial charge is 0.312 e. The molecule has 1 aliphatic rings. The fraction of sp³-hybridized carbons (Fsp3) is 0.393. The number of imidazole rings is 1. The molecule has 0 bridgehead atoms. The zero-order valence-corrected chi connectivity index (χ0v) is 20.0. The number of rotatable bonds is 8. The molecule has 3 aromatic rings. The van der Waals surface area contributed by atoms with E-state index in [-0.39, 0.29) is 5.97 Å². The molecule has 0 amide bonds. The highest BCUT2D eigenvalue weighted by Gasteiger charge is 2.42. The molecule has 0 saturated carbocycles. The number of aryl methyl sites for hydroxylation is 1. The number of likely N-dealkylation sites (tertiary alicyclic amines) is 1. The summed E-state index contributed by atoms with van der Waals surface area (Å²) >= 11 is 0. The van der Waals surface area contributed by atoms with Gasteiger partial charge in [-0.15, -0.1) is 0 Å². The predicted molar refractivity (Wildman–Crippen MR) is 131 cm³/mol. The summed E-state index contributed by atoms with van der Waals surface area (Å²) < 4.78 is 7.42. The molecule has 0 unspecified atom stereocenters. The van der Waals surface area contributed by atoms with Crippen LogP contribution >= 0.6 is 0 Å². The number of methoxy groups -OCH3 is 1. The van der Waals surface area contributed by atoms with Gasteiger partial charge in [0.1, 0.15) is 0 Å². The van der Waals surface area contributed by atoms with Crippen LogP contribution in [0.25, 0.3) is 0 Å². The van der Waals surface area contributed by atoms with E-state index in [1.807, 2.05) is 36.8 Å². The Kier molecular flexibility index (Phi) is 7.44. The summed E-state index contributed by atoms with van der Waals surface area (Å²) in [6.07, 6.45) is 7.04. The van der Waals surface area contributed by atoms with Crippen LogP contribution in [-0.4, -0.2) is 47.2 Å². The van der Waals surface area contributed by atoms with Crippen molar-refractivity contribution in [1.29, 1.82) is 5.26 Å². The molecule has 34 heavy (non-hydrogen) atoms. The molecule has 2 aromatic carbocycles. The minimum Gasteiger partial charge on any atom is -0.469 e. The molecular weight excluding hydrogens is 424 g/mol. The first-order chi connectivity index (χ1) is 16.5. The molecule has 4 rings (SSSR count). The van der Waals surface area contributed by atoms with Crippen LogP contribution in [0.3, 0.4) is 0 Å². The van der Waals surface area contributed by atoms with Gasteiger partial charge in [0.25, 0.3) is 0 Å². The molecule has 1 fully saturated rings. The topological polar surface area (TPSA) is 71.2 Å². The summed E-state index contributed by atoms with van der Waals surface area (Å²) in [5, 5.41) is 8.99. The molecule has 0 aliphatic carbocycles. The van der Waals surface area contributed by atoms with Gasteiger partial charge in [-0.2, -0.15) is 5.26 Å². The Bertz CT molecular complexity index is 1150. The number of hydrogen-bond donors (Lipinski definition) is 0. The molecule has 6 heteroatoms. The van der Waals surface area contributed by atoms with Gasteiger partial charge in [-0.1, -0.05) is 42.0 Å². The summed E-state index contributed by atoms with van der Waals surface area (Å²) in [5.41, 5.74) is 4.98. The third kappa shape index (κ3) is 5.55. The van der Waals surface area contributed by atoms with E-state index in [2.05, 4.69) is 51.7 Å². The molecule has 0 radical (unpaired) electrons. The lowest BCUT2D eigenvalue weighted by Crippen LogP contribution is -2.46. The van der Waals surface area contributed by atoms with Crippen LogP contribution in [0.4, 0.5) is 0 Å². The standard InChI is InChI=1S/C28H32N4O2/c1-22-4-3-5-25(16-22)17-28(27(33)34-2)11-14-31(15-12-28)13-10-26-19-30-21-32(26)20-24-8-6-23(18-29)7-9-24/h3-9,16,19,21H,10-15,17,20H2,1-2H3. The third-order valence-electron chi connectivity index (χ3n) is 6.98. The quantitative estimate of drug-likeness (QED) is 0.476. The maximum Gasteiger partial charge on any atom is 0.312 e. The van der Waals surface area contributed by atoms with Gasteiger partial charge in [-0.3, -0.25) is 4.79 Å². The van der Waals surface area contributed by atoms with Crippen LogP contribution in [0.2, 0.25) is 0 Å². The van der Waals surface area contributed by atoms with Crippen LogP contribution in [0.5, 0.6) is 0 Å². The first-order valence-electron chi connectivity index (χ1n) is 11.9. The van der Waals surface area contributed by atoms with E-state index in [1.54, 1.807) is 0 Å². The molecule has 1 saturated heterocycles. The molecule has 1 aromatic heterocycles. The maximum absolute atomic E-state index is 12.8. The average Bonchev–Trinajstić information content (AvgIpc) is 3.30. The summed E-state index contributed by atoms with van der Waals surface area (Å²) in [6, 6.07) is 18.3. The van der Waals surface area contributed by atoms with Crippen LogP contribution in [0.1, 0.15) is 40.8 Å². The first-order valence-corrected chi connectivity index (χ1v) is 11.9. The lowest BCUT2D eigenvalue weighted by atomic mass is 9.73. The van der Waals surface area contributed by atoms with Crippen molar-refractivity contribution in [2.24, 2.45) is 5.41 Å². The molecule has 6 nitrogen and oxygen atoms in total. The molecule has 1 aliphatic heterocycles. The van der Waals surface area contributed by atoms with Crippen molar-refractivity contribution in [3.05, 3.63) is 89.0 Å². The Morgan fingerprint density at radius 3 is 2.59 bits per heavy atom. The van der Waals surface area contributed by atoms with E-state index in [0.29, 0.717) is 5.56 Å². The SMILES string of the molecule is COC(=O)C1(Cc2cccc(C)c2)CCN(CCc2cncn2Cc2ccc(C#N)cc2)CC1. The van der Waals surface area contributed by atoms with Gasteiger partial charge in [-0.25, -0.2) is 4.98 Å². The number of carbonyl (C=O) groups is 1. The Balaban J connectivity index is 1.35. The fourth-order valence-electron chi connectivity index (χ4n) is 4.94. The Morgan fingerprint density at radius 1 is 1.15 bits per heavy atom. The fourth-order valence-corrected chi connectivity index (χ4v) is 4.94. The zero-order valence-electron chi connectivity index (χ0n) is 20.0. The monoisotopic (exact) mass is 456 g/mol. The highest BCUT2D eigenvalue weighted by molar-refractivity contribution is 5.77. The predicted octanol–water partition coefficient (Wildman–Crippen LogP) is 4.15.